The van der Waals surface area contributed by atoms with Crippen molar-refractivity contribution in [3.05, 3.63) is 29.4 Å². The summed E-state index contributed by atoms with van der Waals surface area (Å²) < 4.78 is 38.1. The van der Waals surface area contributed by atoms with Gasteiger partial charge in [-0.3, -0.25) is 9.59 Å². The predicted molar refractivity (Wildman–Crippen MR) is 133 cm³/mol. The van der Waals surface area contributed by atoms with Gasteiger partial charge in [-0.2, -0.15) is 9.30 Å². The van der Waals surface area contributed by atoms with E-state index in [1.807, 2.05) is 6.92 Å². The molecule has 0 saturated heterocycles. The average Bonchev–Trinajstić information content (AvgIpc) is 2.73. The lowest BCUT2D eigenvalue weighted by molar-refractivity contribution is -0.155. The van der Waals surface area contributed by atoms with Crippen LogP contribution in [0.25, 0.3) is 10.8 Å². The van der Waals surface area contributed by atoms with Crippen LogP contribution in [0.3, 0.4) is 0 Å². The number of benzene rings is 1. The Hall–Kier alpha value is -2.96. The number of esters is 2. The van der Waals surface area contributed by atoms with Crippen LogP contribution in [0, 0.1) is 0 Å². The number of nitrogens with zero attached hydrogens (tertiary/aromatic N) is 3. The molecular weight excluding hydrogens is 498 g/mol. The van der Waals surface area contributed by atoms with Crippen LogP contribution in [0.4, 0.5) is 5.82 Å². The molecule has 2 aromatic rings. The molecule has 0 unspecified atom stereocenters. The smallest absolute Gasteiger partial charge is 0.321 e. The molecule has 0 amide bonds. The zero-order valence-electron chi connectivity index (χ0n) is 20.1. The summed E-state index contributed by atoms with van der Waals surface area (Å²) in [7, 11) is -4.38. The van der Waals surface area contributed by atoms with Crippen molar-refractivity contribution in [1.82, 2.24) is 9.29 Å². The van der Waals surface area contributed by atoms with Gasteiger partial charge in [-0.15, -0.1) is 0 Å². The Morgan fingerprint density at radius 1 is 1.14 bits per heavy atom. The number of carbonyl (C=O) groups excluding carboxylic acids is 2. The second kappa shape index (κ2) is 11.6. The first-order valence-electron chi connectivity index (χ1n) is 10.8. The number of nitrogens with two attached hydrogens (primary N) is 2. The summed E-state index contributed by atoms with van der Waals surface area (Å²) in [6.45, 7) is 5.62. The molecule has 0 spiro atoms. The number of sulfonamides is 1. The molecule has 1 aromatic carbocycles. The van der Waals surface area contributed by atoms with Gasteiger partial charge in [0.15, 0.2) is 11.8 Å². The summed E-state index contributed by atoms with van der Waals surface area (Å²) in [4.78, 5) is 32.6. The topological polar surface area (TPSA) is 167 Å². The van der Waals surface area contributed by atoms with Crippen LogP contribution in [0.5, 0.6) is 0 Å². The third-order valence-corrected chi connectivity index (χ3v) is 6.54. The molecule has 0 fully saturated rings. The van der Waals surface area contributed by atoms with E-state index in [9.17, 15) is 18.0 Å². The molecule has 1 heterocycles. The Morgan fingerprint density at radius 3 is 2.40 bits per heavy atom. The van der Waals surface area contributed by atoms with Crippen LogP contribution in [-0.2, 0) is 29.1 Å². The Labute approximate surface area is 209 Å². The van der Waals surface area contributed by atoms with E-state index >= 15 is 0 Å². The maximum absolute atomic E-state index is 13.5. The molecule has 13 heteroatoms. The van der Waals surface area contributed by atoms with Gasteiger partial charge in [0, 0.05) is 17.0 Å². The number of rotatable bonds is 10. The fraction of sp³-hybridized carbons (Fsp3) is 0.455. The summed E-state index contributed by atoms with van der Waals surface area (Å²) in [6.07, 6.45) is 2.75. The number of hydrogen-bond acceptors (Lipinski definition) is 8. The molecule has 0 radical (unpaired) electrons. The maximum atomic E-state index is 13.5. The lowest BCUT2D eigenvalue weighted by atomic mass is 10.1. The second-order valence-electron chi connectivity index (χ2n) is 8.61. The van der Waals surface area contributed by atoms with E-state index in [1.54, 1.807) is 20.8 Å². The summed E-state index contributed by atoms with van der Waals surface area (Å²) in [6, 6.07) is 4.03. The SMILES string of the molecule is CCCCOC(=O)CN(CC(=O)OC(C)(C)C)S(=O)(=O)c1ccc2c(Cl)cnc(N=C(N)N)c2c1. The van der Waals surface area contributed by atoms with Gasteiger partial charge in [-0.1, -0.05) is 31.0 Å². The average molecular weight is 528 g/mol. The van der Waals surface area contributed by atoms with E-state index in [0.29, 0.717) is 16.1 Å². The summed E-state index contributed by atoms with van der Waals surface area (Å²) in [5, 5.41) is 0.969. The predicted octanol–water partition coefficient (Wildman–Crippen LogP) is 2.47. The van der Waals surface area contributed by atoms with Crippen LogP contribution in [0.1, 0.15) is 40.5 Å². The van der Waals surface area contributed by atoms with Crippen LogP contribution < -0.4 is 11.5 Å². The third-order valence-electron chi connectivity index (χ3n) is 4.45. The molecular formula is C22H30ClN5O6S. The van der Waals surface area contributed by atoms with Crippen molar-refractivity contribution in [3.63, 3.8) is 0 Å². The van der Waals surface area contributed by atoms with Crippen LogP contribution in [0.15, 0.2) is 34.3 Å². The maximum Gasteiger partial charge on any atom is 0.321 e. The van der Waals surface area contributed by atoms with Gasteiger partial charge in [0.2, 0.25) is 10.0 Å². The Balaban J connectivity index is 2.51. The summed E-state index contributed by atoms with van der Waals surface area (Å²) in [5.74, 6) is -1.85. The number of aromatic nitrogens is 1. The van der Waals surface area contributed by atoms with Crippen LogP contribution >= 0.6 is 11.6 Å². The van der Waals surface area contributed by atoms with E-state index in [4.69, 9.17) is 32.5 Å². The number of hydrogen-bond donors (Lipinski definition) is 2. The fourth-order valence-corrected chi connectivity index (χ4v) is 4.53. The van der Waals surface area contributed by atoms with E-state index in [1.165, 1.54) is 24.4 Å². The van der Waals surface area contributed by atoms with Gasteiger partial charge in [0.25, 0.3) is 0 Å². The number of fused-ring (bicyclic) bond motifs is 1. The molecule has 1 aromatic heterocycles. The van der Waals surface area contributed by atoms with Gasteiger partial charge in [-0.05, 0) is 39.3 Å². The highest BCUT2D eigenvalue weighted by atomic mass is 35.5. The zero-order chi connectivity index (χ0) is 26.4. The molecule has 0 aliphatic heterocycles. The number of ether oxygens (including phenoxy) is 2. The molecule has 0 atom stereocenters. The highest BCUT2D eigenvalue weighted by Gasteiger charge is 2.31. The minimum atomic E-state index is -4.38. The van der Waals surface area contributed by atoms with Crippen molar-refractivity contribution >= 4 is 56.1 Å². The highest BCUT2D eigenvalue weighted by Crippen LogP contribution is 2.32. The highest BCUT2D eigenvalue weighted by molar-refractivity contribution is 7.89. The zero-order valence-corrected chi connectivity index (χ0v) is 21.6. The number of guanidine groups is 1. The minimum absolute atomic E-state index is 0.0547. The van der Waals surface area contributed by atoms with Crippen molar-refractivity contribution in [2.45, 2.75) is 51.0 Å². The number of pyridine rings is 1. The number of carbonyl (C=O) groups is 2. The summed E-state index contributed by atoms with van der Waals surface area (Å²) in [5.41, 5.74) is 10.1. The van der Waals surface area contributed by atoms with Crippen LogP contribution in [0.2, 0.25) is 5.02 Å². The Bertz CT molecular complexity index is 1220. The Kier molecular flexibility index (Phi) is 9.41. The largest absolute Gasteiger partial charge is 0.465 e. The molecule has 2 rings (SSSR count). The lowest BCUT2D eigenvalue weighted by Gasteiger charge is -2.24. The quantitative estimate of drug-likeness (QED) is 0.204. The molecule has 4 N–H and O–H groups in total. The second-order valence-corrected chi connectivity index (χ2v) is 11.0. The van der Waals surface area contributed by atoms with Gasteiger partial charge >= 0.3 is 11.9 Å². The molecule has 0 aliphatic rings. The van der Waals surface area contributed by atoms with Crippen molar-refractivity contribution in [2.24, 2.45) is 16.5 Å². The number of aliphatic imine (C=N–C) groups is 1. The number of halogens is 1. The van der Waals surface area contributed by atoms with Crippen LogP contribution in [-0.4, -0.2) is 60.9 Å². The third kappa shape index (κ3) is 8.05. The molecule has 192 valence electrons. The minimum Gasteiger partial charge on any atom is -0.465 e. The van der Waals surface area contributed by atoms with Crippen molar-refractivity contribution in [3.8, 4) is 0 Å². The first-order chi connectivity index (χ1) is 16.2. The normalized spacial score (nSPS) is 11.9. The first kappa shape index (κ1) is 28.3. The Morgan fingerprint density at radius 2 is 1.80 bits per heavy atom. The first-order valence-corrected chi connectivity index (χ1v) is 12.6. The van der Waals surface area contributed by atoms with Gasteiger partial charge < -0.3 is 20.9 Å². The van der Waals surface area contributed by atoms with Crippen molar-refractivity contribution < 1.29 is 27.5 Å². The van der Waals surface area contributed by atoms with Gasteiger partial charge in [0.05, 0.1) is 16.5 Å². The molecule has 0 saturated carbocycles. The fourth-order valence-electron chi connectivity index (χ4n) is 2.96. The van der Waals surface area contributed by atoms with Gasteiger partial charge in [0.1, 0.15) is 18.7 Å². The standard InChI is InChI=1S/C22H30ClN5O6S/c1-5-6-9-33-18(29)12-28(13-19(30)34-22(2,3)4)35(31,32)14-7-8-15-16(10-14)20(27-21(24)25)26-11-17(15)23/h7-8,10-11H,5-6,9,12-13H2,1-4H3,(H4,24,25,26,27). The van der Waals surface area contributed by atoms with Crippen molar-refractivity contribution in [2.75, 3.05) is 19.7 Å². The molecule has 0 bridgehead atoms. The monoisotopic (exact) mass is 527 g/mol. The summed E-state index contributed by atoms with van der Waals surface area (Å²) >= 11 is 6.20. The lowest BCUT2D eigenvalue weighted by Crippen LogP contribution is -2.42. The van der Waals surface area contributed by atoms with E-state index in [-0.39, 0.29) is 33.7 Å². The van der Waals surface area contributed by atoms with E-state index < -0.39 is 40.7 Å². The number of unbranched alkanes of at least 4 members (excludes halogenated alkanes) is 1. The molecule has 0 aliphatic carbocycles. The molecule has 35 heavy (non-hydrogen) atoms. The molecule has 11 nitrogen and oxygen atoms in total. The van der Waals surface area contributed by atoms with Gasteiger partial charge in [-0.25, -0.2) is 13.4 Å². The van der Waals surface area contributed by atoms with E-state index in [2.05, 4.69) is 9.98 Å². The van der Waals surface area contributed by atoms with Crippen molar-refractivity contribution in [1.29, 1.82) is 0 Å². The van der Waals surface area contributed by atoms with E-state index in [0.717, 1.165) is 6.42 Å².